The molecule has 23 heavy (non-hydrogen) atoms. The highest BCUT2D eigenvalue weighted by Crippen LogP contribution is 2.45. The highest BCUT2D eigenvalue weighted by Gasteiger charge is 2.13. The predicted molar refractivity (Wildman–Crippen MR) is 91.3 cm³/mol. The number of hydrogen-bond donors (Lipinski definition) is 0. The summed E-state index contributed by atoms with van der Waals surface area (Å²) in [6, 6.07) is 13.5. The number of hydrogen-bond acceptors (Lipinski definition) is 4. The molecule has 0 bridgehead atoms. The molecule has 1 aromatic heterocycles. The average Bonchev–Trinajstić information content (AvgIpc) is 2.49. The van der Waals surface area contributed by atoms with Crippen LogP contribution in [0.2, 0.25) is 10.0 Å². The highest BCUT2D eigenvalue weighted by molar-refractivity contribution is 7.79. The van der Waals surface area contributed by atoms with Gasteiger partial charge in [-0.05, 0) is 47.6 Å². The molecule has 0 aliphatic rings. The summed E-state index contributed by atoms with van der Waals surface area (Å²) in [5, 5.41) is 1.60. The Kier molecular flexibility index (Phi) is 4.54. The normalized spacial score (nSPS) is 13.7. The molecule has 0 radical (unpaired) electrons. The number of benzene rings is 2. The number of rotatable bonds is 3. The zero-order valence-electron chi connectivity index (χ0n) is 11.4. The maximum absolute atomic E-state index is 11.2. The van der Waals surface area contributed by atoms with Crippen LogP contribution in [0.3, 0.4) is 0 Å². The Morgan fingerprint density at radius 3 is 2.35 bits per heavy atom. The second-order valence-corrected chi connectivity index (χ2v) is 7.80. The Morgan fingerprint density at radius 2 is 1.70 bits per heavy atom. The molecule has 0 fully saturated rings. The quantitative estimate of drug-likeness (QED) is 0.573. The molecule has 1 atom stereocenters. The second kappa shape index (κ2) is 6.31. The van der Waals surface area contributed by atoms with Crippen molar-refractivity contribution in [2.24, 2.45) is 0 Å². The van der Waals surface area contributed by atoms with Crippen LogP contribution in [0.25, 0.3) is 22.2 Å². The van der Waals surface area contributed by atoms with Gasteiger partial charge in [-0.25, -0.2) is 4.98 Å². The standard InChI is InChI=1S/C15H9Cl3NO3P/c16-10-3-1-9(2-4-10)13-7-5-11-12(17)6-8-14(15(11)19-13)22-23(18,20)21/h1-8H,(H,20,21)/p-1. The molecular weight excluding hydrogens is 380 g/mol. The fourth-order valence-corrected chi connectivity index (χ4v) is 3.08. The summed E-state index contributed by atoms with van der Waals surface area (Å²) in [5.41, 5.74) is 1.75. The van der Waals surface area contributed by atoms with Gasteiger partial charge in [0.1, 0.15) is 5.52 Å². The van der Waals surface area contributed by atoms with Gasteiger partial charge in [0.25, 0.3) is 6.95 Å². The van der Waals surface area contributed by atoms with Crippen molar-refractivity contribution in [3.05, 3.63) is 58.6 Å². The Balaban J connectivity index is 2.18. The highest BCUT2D eigenvalue weighted by atomic mass is 35.7. The summed E-state index contributed by atoms with van der Waals surface area (Å²) >= 11 is 17.2. The lowest BCUT2D eigenvalue weighted by molar-refractivity contribution is -0.183. The molecule has 1 unspecified atom stereocenters. The predicted octanol–water partition coefficient (Wildman–Crippen LogP) is 5.29. The molecule has 3 rings (SSSR count). The van der Waals surface area contributed by atoms with Crippen LogP contribution < -0.4 is 9.42 Å². The molecule has 4 nitrogen and oxygen atoms in total. The maximum Gasteiger partial charge on any atom is 0.275 e. The monoisotopic (exact) mass is 386 g/mol. The molecule has 0 amide bonds. The second-order valence-electron chi connectivity index (χ2n) is 4.67. The third kappa shape index (κ3) is 3.79. The lowest BCUT2D eigenvalue weighted by Gasteiger charge is -2.17. The zero-order valence-corrected chi connectivity index (χ0v) is 14.5. The van der Waals surface area contributed by atoms with E-state index in [0.717, 1.165) is 5.56 Å². The summed E-state index contributed by atoms with van der Waals surface area (Å²) in [4.78, 5) is 15.7. The van der Waals surface area contributed by atoms with E-state index in [4.69, 9.17) is 39.0 Å². The van der Waals surface area contributed by atoms with E-state index in [1.54, 1.807) is 24.3 Å². The first-order valence-corrected chi connectivity index (χ1v) is 9.59. The summed E-state index contributed by atoms with van der Waals surface area (Å²) in [5.74, 6) is 0.0218. The van der Waals surface area contributed by atoms with Crippen molar-refractivity contribution in [2.75, 3.05) is 0 Å². The van der Waals surface area contributed by atoms with E-state index in [9.17, 15) is 9.46 Å². The smallest absolute Gasteiger partial charge is 0.275 e. The van der Waals surface area contributed by atoms with Crippen LogP contribution >= 0.6 is 41.4 Å². The van der Waals surface area contributed by atoms with Gasteiger partial charge in [-0.1, -0.05) is 35.3 Å². The van der Waals surface area contributed by atoms with E-state index in [2.05, 4.69) is 4.98 Å². The maximum atomic E-state index is 11.2. The molecule has 8 heteroatoms. The van der Waals surface area contributed by atoms with Crippen molar-refractivity contribution in [3.8, 4) is 17.0 Å². The summed E-state index contributed by atoms with van der Waals surface area (Å²) in [6.07, 6.45) is 0. The van der Waals surface area contributed by atoms with E-state index in [-0.39, 0.29) is 5.75 Å². The third-order valence-electron chi connectivity index (χ3n) is 3.11. The van der Waals surface area contributed by atoms with Crippen LogP contribution in [-0.4, -0.2) is 4.98 Å². The molecule has 0 N–H and O–H groups in total. The first-order chi connectivity index (χ1) is 10.8. The van der Waals surface area contributed by atoms with Crippen LogP contribution in [0, 0.1) is 0 Å². The molecule has 0 aliphatic heterocycles. The number of nitrogens with zero attached hydrogens (tertiary/aromatic N) is 1. The van der Waals surface area contributed by atoms with E-state index < -0.39 is 6.95 Å². The van der Waals surface area contributed by atoms with Crippen LogP contribution in [-0.2, 0) is 4.57 Å². The lowest BCUT2D eigenvalue weighted by atomic mass is 10.1. The van der Waals surface area contributed by atoms with Crippen molar-refractivity contribution in [3.63, 3.8) is 0 Å². The Morgan fingerprint density at radius 1 is 1.00 bits per heavy atom. The summed E-state index contributed by atoms with van der Waals surface area (Å²) in [6.45, 7) is -4.48. The first kappa shape index (κ1) is 16.6. The molecule has 3 aromatic rings. The third-order valence-corrected chi connectivity index (χ3v) is 4.32. The van der Waals surface area contributed by atoms with Crippen LogP contribution in [0.4, 0.5) is 0 Å². The number of aromatic nitrogens is 1. The first-order valence-electron chi connectivity index (χ1n) is 6.39. The fraction of sp³-hybridized carbons (Fsp3) is 0. The summed E-state index contributed by atoms with van der Waals surface area (Å²) < 4.78 is 16.0. The van der Waals surface area contributed by atoms with E-state index in [1.807, 2.05) is 12.1 Å². The molecule has 0 aliphatic carbocycles. The molecule has 0 saturated heterocycles. The van der Waals surface area contributed by atoms with Crippen molar-refractivity contribution in [2.45, 2.75) is 0 Å². The van der Waals surface area contributed by atoms with Crippen molar-refractivity contribution < 1.29 is 14.0 Å². The Bertz CT molecular complexity index is 925. The molecule has 2 aromatic carbocycles. The van der Waals surface area contributed by atoms with Gasteiger partial charge in [0.15, 0.2) is 5.75 Å². The van der Waals surface area contributed by atoms with Crippen molar-refractivity contribution in [1.29, 1.82) is 0 Å². The van der Waals surface area contributed by atoms with E-state index >= 15 is 0 Å². The SMILES string of the molecule is O=P([O-])(Cl)Oc1ccc(Cl)c2ccc(-c3ccc(Cl)cc3)nc12. The van der Waals surface area contributed by atoms with E-state index in [1.165, 1.54) is 12.1 Å². The molecular formula is C15H8Cl3NO3P-. The van der Waals surface area contributed by atoms with Crippen molar-refractivity contribution >= 4 is 52.3 Å². The Labute approximate surface area is 146 Å². The van der Waals surface area contributed by atoms with Gasteiger partial charge in [0, 0.05) is 16.0 Å². The molecule has 0 spiro atoms. The van der Waals surface area contributed by atoms with Crippen molar-refractivity contribution in [1.82, 2.24) is 4.98 Å². The fourth-order valence-electron chi connectivity index (χ4n) is 2.13. The lowest BCUT2D eigenvalue weighted by Crippen LogP contribution is -2.01. The van der Waals surface area contributed by atoms with E-state index in [0.29, 0.717) is 26.6 Å². The van der Waals surface area contributed by atoms with Crippen LogP contribution in [0.1, 0.15) is 0 Å². The largest absolute Gasteiger partial charge is 0.757 e. The average molecular weight is 388 g/mol. The number of fused-ring (bicyclic) bond motifs is 1. The number of halogens is 3. The topological polar surface area (TPSA) is 62.2 Å². The zero-order chi connectivity index (χ0) is 16.6. The van der Waals surface area contributed by atoms with Gasteiger partial charge >= 0.3 is 0 Å². The Hall–Kier alpha value is -1.29. The molecule has 118 valence electrons. The minimum absolute atomic E-state index is 0.0218. The van der Waals surface area contributed by atoms with Crippen LogP contribution in [0.15, 0.2) is 48.5 Å². The van der Waals surface area contributed by atoms with Gasteiger partial charge in [0.05, 0.1) is 10.7 Å². The van der Waals surface area contributed by atoms with Crippen LogP contribution in [0.5, 0.6) is 5.75 Å². The minimum atomic E-state index is -4.48. The number of pyridine rings is 1. The van der Waals surface area contributed by atoms with Gasteiger partial charge < -0.3 is 9.42 Å². The summed E-state index contributed by atoms with van der Waals surface area (Å²) in [7, 11) is 0. The van der Waals surface area contributed by atoms with Gasteiger partial charge in [-0.3, -0.25) is 4.57 Å². The van der Waals surface area contributed by atoms with Gasteiger partial charge in [-0.2, -0.15) is 0 Å². The minimum Gasteiger partial charge on any atom is -0.757 e. The van der Waals surface area contributed by atoms with Gasteiger partial charge in [0.2, 0.25) is 0 Å². The molecule has 1 heterocycles. The molecule has 0 saturated carbocycles. The van der Waals surface area contributed by atoms with Gasteiger partial charge in [-0.15, -0.1) is 0 Å².